The standard InChI is InChI=1S/C15H18FNO3/c16-14-7-3-1-5-11(14)9-13(17(19)20)10-12-6-2-4-8-15(12)18/h1,3,5,7,12-13H,2,4,6,8-10H2/t12-,13+/m0/s1. The van der Waals surface area contributed by atoms with Gasteiger partial charge in [0.2, 0.25) is 6.04 Å². The number of hydrogen-bond acceptors (Lipinski definition) is 3. The molecular weight excluding hydrogens is 261 g/mol. The van der Waals surface area contributed by atoms with Crippen molar-refractivity contribution in [3.05, 3.63) is 45.8 Å². The van der Waals surface area contributed by atoms with Gasteiger partial charge in [0, 0.05) is 30.1 Å². The molecule has 2 atom stereocenters. The first-order valence-electron chi connectivity index (χ1n) is 6.97. The van der Waals surface area contributed by atoms with Gasteiger partial charge < -0.3 is 0 Å². The monoisotopic (exact) mass is 279 g/mol. The number of halogens is 1. The fourth-order valence-electron chi connectivity index (χ4n) is 2.79. The van der Waals surface area contributed by atoms with Crippen LogP contribution in [0.3, 0.4) is 0 Å². The molecule has 0 saturated heterocycles. The van der Waals surface area contributed by atoms with Crippen LogP contribution in [-0.4, -0.2) is 16.7 Å². The Morgan fingerprint density at radius 2 is 2.10 bits per heavy atom. The van der Waals surface area contributed by atoms with E-state index >= 15 is 0 Å². The molecule has 0 aliphatic heterocycles. The van der Waals surface area contributed by atoms with Gasteiger partial charge in [-0.15, -0.1) is 0 Å². The van der Waals surface area contributed by atoms with E-state index in [1.54, 1.807) is 18.2 Å². The third kappa shape index (κ3) is 3.62. The predicted octanol–water partition coefficient (Wildman–Crippen LogP) is 3.16. The summed E-state index contributed by atoms with van der Waals surface area (Å²) in [6, 6.07) is 5.21. The highest BCUT2D eigenvalue weighted by molar-refractivity contribution is 5.81. The molecule has 0 aromatic heterocycles. The molecule has 1 aromatic rings. The first-order valence-corrected chi connectivity index (χ1v) is 6.97. The lowest BCUT2D eigenvalue weighted by atomic mass is 9.82. The van der Waals surface area contributed by atoms with Gasteiger partial charge in [0.25, 0.3) is 0 Å². The lowest BCUT2D eigenvalue weighted by molar-refractivity contribution is -0.524. The fraction of sp³-hybridized carbons (Fsp3) is 0.533. The van der Waals surface area contributed by atoms with Crippen molar-refractivity contribution < 1.29 is 14.1 Å². The molecule has 5 heteroatoms. The topological polar surface area (TPSA) is 60.2 Å². The third-order valence-electron chi connectivity index (χ3n) is 3.95. The molecule has 1 fully saturated rings. The second-order valence-electron chi connectivity index (χ2n) is 5.38. The van der Waals surface area contributed by atoms with E-state index in [0.29, 0.717) is 12.0 Å². The Labute approximate surface area is 117 Å². The maximum Gasteiger partial charge on any atom is 0.217 e. The molecule has 0 spiro atoms. The van der Waals surface area contributed by atoms with Gasteiger partial charge in [0.05, 0.1) is 0 Å². The van der Waals surface area contributed by atoms with Crippen molar-refractivity contribution in [2.45, 2.75) is 44.6 Å². The van der Waals surface area contributed by atoms with Gasteiger partial charge in [-0.25, -0.2) is 4.39 Å². The van der Waals surface area contributed by atoms with Crippen LogP contribution in [0.25, 0.3) is 0 Å². The molecule has 2 rings (SSSR count). The maximum atomic E-state index is 13.6. The zero-order chi connectivity index (χ0) is 14.5. The summed E-state index contributed by atoms with van der Waals surface area (Å²) in [5.41, 5.74) is 0.345. The summed E-state index contributed by atoms with van der Waals surface area (Å²) in [4.78, 5) is 22.6. The highest BCUT2D eigenvalue weighted by atomic mass is 19.1. The van der Waals surface area contributed by atoms with Crippen LogP contribution < -0.4 is 0 Å². The van der Waals surface area contributed by atoms with Gasteiger partial charge in [0.1, 0.15) is 11.6 Å². The summed E-state index contributed by atoms with van der Waals surface area (Å²) in [5, 5.41) is 11.2. The average Bonchev–Trinajstić information content (AvgIpc) is 2.42. The quantitative estimate of drug-likeness (QED) is 0.614. The van der Waals surface area contributed by atoms with Crippen molar-refractivity contribution in [3.63, 3.8) is 0 Å². The molecule has 4 nitrogen and oxygen atoms in total. The molecule has 108 valence electrons. The van der Waals surface area contributed by atoms with Gasteiger partial charge in [-0.2, -0.15) is 0 Å². The van der Waals surface area contributed by atoms with E-state index in [1.165, 1.54) is 6.07 Å². The first kappa shape index (κ1) is 14.6. The van der Waals surface area contributed by atoms with E-state index in [-0.39, 0.29) is 29.5 Å². The van der Waals surface area contributed by atoms with Crippen LogP contribution in [0.5, 0.6) is 0 Å². The van der Waals surface area contributed by atoms with E-state index in [1.807, 2.05) is 0 Å². The Bertz CT molecular complexity index is 504. The second kappa shape index (κ2) is 6.59. The summed E-state index contributed by atoms with van der Waals surface area (Å²) in [6.45, 7) is 0. The number of hydrogen-bond donors (Lipinski definition) is 0. The minimum absolute atomic E-state index is 0.0451. The van der Waals surface area contributed by atoms with Crippen LogP contribution in [0.15, 0.2) is 24.3 Å². The van der Waals surface area contributed by atoms with Crippen molar-refractivity contribution in [1.82, 2.24) is 0 Å². The summed E-state index contributed by atoms with van der Waals surface area (Å²) >= 11 is 0. The Balaban J connectivity index is 2.06. The molecule has 0 N–H and O–H groups in total. The van der Waals surface area contributed by atoms with Gasteiger partial charge in [-0.1, -0.05) is 24.6 Å². The Morgan fingerprint density at radius 1 is 1.35 bits per heavy atom. The van der Waals surface area contributed by atoms with E-state index < -0.39 is 11.9 Å². The van der Waals surface area contributed by atoms with Gasteiger partial charge >= 0.3 is 0 Å². The first-order chi connectivity index (χ1) is 9.58. The van der Waals surface area contributed by atoms with Crippen molar-refractivity contribution in [2.24, 2.45) is 5.92 Å². The molecule has 1 aliphatic carbocycles. The second-order valence-corrected chi connectivity index (χ2v) is 5.38. The number of ketones is 1. The van der Waals surface area contributed by atoms with Gasteiger partial charge in [-0.05, 0) is 24.5 Å². The van der Waals surface area contributed by atoms with Crippen LogP contribution in [0, 0.1) is 21.8 Å². The van der Waals surface area contributed by atoms with Gasteiger partial charge in [-0.3, -0.25) is 14.9 Å². The zero-order valence-corrected chi connectivity index (χ0v) is 11.3. The van der Waals surface area contributed by atoms with E-state index in [2.05, 4.69) is 0 Å². The van der Waals surface area contributed by atoms with Crippen molar-refractivity contribution in [2.75, 3.05) is 0 Å². The number of carbonyl (C=O) groups excluding carboxylic acids is 1. The van der Waals surface area contributed by atoms with Crippen LogP contribution in [-0.2, 0) is 11.2 Å². The minimum atomic E-state index is -0.890. The minimum Gasteiger partial charge on any atom is -0.299 e. The van der Waals surface area contributed by atoms with Crippen LogP contribution in [0.4, 0.5) is 4.39 Å². The number of rotatable bonds is 5. The number of Topliss-reactive ketones (excluding diaryl/α,β-unsaturated/α-hetero) is 1. The SMILES string of the molecule is O=C1CCCC[C@H]1C[C@@H](Cc1ccccc1F)[N+](=O)[O-]. The lowest BCUT2D eigenvalue weighted by Gasteiger charge is -2.21. The highest BCUT2D eigenvalue weighted by Gasteiger charge is 2.31. The van der Waals surface area contributed by atoms with Crippen LogP contribution >= 0.6 is 0 Å². The van der Waals surface area contributed by atoms with E-state index in [0.717, 1.165) is 19.3 Å². The summed E-state index contributed by atoms with van der Waals surface area (Å²) < 4.78 is 13.6. The molecule has 0 bridgehead atoms. The van der Waals surface area contributed by atoms with E-state index in [4.69, 9.17) is 0 Å². The Hall–Kier alpha value is -1.78. The maximum absolute atomic E-state index is 13.6. The zero-order valence-electron chi connectivity index (χ0n) is 11.3. The fourth-order valence-corrected chi connectivity index (χ4v) is 2.79. The smallest absolute Gasteiger partial charge is 0.217 e. The molecular formula is C15H18FNO3. The normalized spacial score (nSPS) is 20.6. The number of nitro groups is 1. The average molecular weight is 279 g/mol. The number of benzene rings is 1. The molecule has 20 heavy (non-hydrogen) atoms. The molecule has 0 heterocycles. The number of carbonyl (C=O) groups is 1. The van der Waals surface area contributed by atoms with Crippen molar-refractivity contribution in [1.29, 1.82) is 0 Å². The summed E-state index contributed by atoms with van der Waals surface area (Å²) in [6.07, 6.45) is 3.34. The largest absolute Gasteiger partial charge is 0.299 e. The molecule has 1 aromatic carbocycles. The van der Waals surface area contributed by atoms with Crippen molar-refractivity contribution in [3.8, 4) is 0 Å². The molecule has 0 unspecified atom stereocenters. The highest BCUT2D eigenvalue weighted by Crippen LogP contribution is 2.26. The Morgan fingerprint density at radius 3 is 2.75 bits per heavy atom. The van der Waals surface area contributed by atoms with Crippen molar-refractivity contribution >= 4 is 5.78 Å². The van der Waals surface area contributed by atoms with Gasteiger partial charge in [0.15, 0.2) is 0 Å². The van der Waals surface area contributed by atoms with Crippen LogP contribution in [0.1, 0.15) is 37.7 Å². The van der Waals surface area contributed by atoms with Crippen LogP contribution in [0.2, 0.25) is 0 Å². The van der Waals surface area contributed by atoms with E-state index in [9.17, 15) is 19.3 Å². The predicted molar refractivity (Wildman–Crippen MR) is 72.5 cm³/mol. The molecule has 1 saturated carbocycles. The molecule has 0 radical (unpaired) electrons. The Kier molecular flexibility index (Phi) is 4.82. The summed E-state index contributed by atoms with van der Waals surface area (Å²) in [7, 11) is 0. The summed E-state index contributed by atoms with van der Waals surface area (Å²) in [5.74, 6) is -0.531. The molecule has 1 aliphatic rings. The number of nitrogens with zero attached hydrogens (tertiary/aromatic N) is 1. The lowest BCUT2D eigenvalue weighted by Crippen LogP contribution is -2.30. The third-order valence-corrected chi connectivity index (χ3v) is 3.95. The molecule has 0 amide bonds.